The quantitative estimate of drug-likeness (QED) is 0.409. The number of nitrogens with zero attached hydrogens (tertiary/aromatic N) is 7. The molecule has 3 N–H and O–H groups in total. The van der Waals surface area contributed by atoms with Gasteiger partial charge in [0, 0.05) is 24.2 Å². The Bertz CT molecular complexity index is 1580. The van der Waals surface area contributed by atoms with Crippen molar-refractivity contribution in [1.82, 2.24) is 44.7 Å². The van der Waals surface area contributed by atoms with Crippen LogP contribution in [0.25, 0.3) is 50.7 Å². The predicted octanol–water partition coefficient (Wildman–Crippen LogP) is 3.16. The molecule has 6 heterocycles. The van der Waals surface area contributed by atoms with E-state index in [9.17, 15) is 5.11 Å². The van der Waals surface area contributed by atoms with Crippen LogP contribution in [0.3, 0.4) is 0 Å². The van der Waals surface area contributed by atoms with Gasteiger partial charge >= 0.3 is 0 Å². The second-order valence-corrected chi connectivity index (χ2v) is 7.13. The lowest BCUT2D eigenvalue weighted by molar-refractivity contribution is 0.473. The Labute approximate surface area is 174 Å². The van der Waals surface area contributed by atoms with Gasteiger partial charge in [-0.15, -0.1) is 0 Å². The molecule has 10 heteroatoms. The number of aryl methyl sites for hydroxylation is 1. The van der Waals surface area contributed by atoms with Crippen molar-refractivity contribution in [3.63, 3.8) is 0 Å². The largest absolute Gasteiger partial charge is 0.506 e. The molecule has 150 valence electrons. The molecular weight excluding hydrogens is 394 g/mol. The zero-order chi connectivity index (χ0) is 20.9. The van der Waals surface area contributed by atoms with Crippen LogP contribution in [0.2, 0.25) is 0 Å². The van der Waals surface area contributed by atoms with E-state index in [1.807, 2.05) is 35.9 Å². The Morgan fingerprint density at radius 1 is 1.03 bits per heavy atom. The van der Waals surface area contributed by atoms with E-state index in [4.69, 9.17) is 9.97 Å². The fourth-order valence-electron chi connectivity index (χ4n) is 3.56. The number of hydrogen-bond donors (Lipinski definition) is 3. The molecule has 0 fully saturated rings. The molecule has 0 spiro atoms. The highest BCUT2D eigenvalue weighted by Crippen LogP contribution is 2.29. The standard InChI is InChI=1S/C21H15N9O/c1-11-9-30(10-24-11)16-4-5-23-20-18(16)26-21(27-20)19-17-15(28-29-19)3-2-14(25-17)12-6-13(31)8-22-7-12/h2-10,31H,1H3,(H,28,29)(H,23,26,27). The molecule has 10 nitrogen and oxygen atoms in total. The summed E-state index contributed by atoms with van der Waals surface area (Å²) in [6.45, 7) is 1.94. The number of aromatic hydroxyl groups is 1. The van der Waals surface area contributed by atoms with Crippen molar-refractivity contribution in [2.45, 2.75) is 6.92 Å². The Balaban J connectivity index is 1.51. The van der Waals surface area contributed by atoms with Gasteiger partial charge in [0.05, 0.1) is 35.1 Å². The number of pyridine rings is 3. The molecule has 0 amide bonds. The van der Waals surface area contributed by atoms with Gasteiger partial charge in [0.15, 0.2) is 17.2 Å². The third kappa shape index (κ3) is 2.81. The average molecular weight is 409 g/mol. The molecule has 6 aromatic heterocycles. The van der Waals surface area contributed by atoms with Crippen molar-refractivity contribution in [3.8, 4) is 34.2 Å². The Morgan fingerprint density at radius 3 is 2.81 bits per heavy atom. The lowest BCUT2D eigenvalue weighted by atomic mass is 10.1. The van der Waals surface area contributed by atoms with Gasteiger partial charge in [-0.2, -0.15) is 5.10 Å². The van der Waals surface area contributed by atoms with Crippen LogP contribution in [0.5, 0.6) is 5.75 Å². The van der Waals surface area contributed by atoms with E-state index >= 15 is 0 Å². The Morgan fingerprint density at radius 2 is 1.97 bits per heavy atom. The molecule has 31 heavy (non-hydrogen) atoms. The highest BCUT2D eigenvalue weighted by atomic mass is 16.3. The number of imidazole rings is 2. The van der Waals surface area contributed by atoms with Crippen LogP contribution in [0, 0.1) is 6.92 Å². The molecule has 0 unspecified atom stereocenters. The van der Waals surface area contributed by atoms with E-state index in [-0.39, 0.29) is 5.75 Å². The highest BCUT2D eigenvalue weighted by molar-refractivity contribution is 5.92. The normalized spacial score (nSPS) is 11.5. The third-order valence-corrected chi connectivity index (χ3v) is 5.00. The fraction of sp³-hybridized carbons (Fsp3) is 0.0476. The molecule has 0 saturated carbocycles. The second-order valence-electron chi connectivity index (χ2n) is 7.13. The Hall–Kier alpha value is -4.60. The van der Waals surface area contributed by atoms with E-state index in [2.05, 4.69) is 30.1 Å². The summed E-state index contributed by atoms with van der Waals surface area (Å²) in [7, 11) is 0. The zero-order valence-corrected chi connectivity index (χ0v) is 16.3. The Kier molecular flexibility index (Phi) is 3.60. The van der Waals surface area contributed by atoms with Gasteiger partial charge in [-0.3, -0.25) is 10.1 Å². The van der Waals surface area contributed by atoms with Crippen LogP contribution >= 0.6 is 0 Å². The summed E-state index contributed by atoms with van der Waals surface area (Å²) in [5.41, 5.74) is 6.51. The van der Waals surface area contributed by atoms with E-state index in [1.54, 1.807) is 24.8 Å². The van der Waals surface area contributed by atoms with Gasteiger partial charge in [-0.1, -0.05) is 0 Å². The molecule has 0 bridgehead atoms. The van der Waals surface area contributed by atoms with Crippen molar-refractivity contribution in [3.05, 3.63) is 61.1 Å². The fourth-order valence-corrected chi connectivity index (χ4v) is 3.56. The average Bonchev–Trinajstić information content (AvgIpc) is 3.50. The van der Waals surface area contributed by atoms with E-state index in [0.29, 0.717) is 39.5 Å². The molecule has 0 atom stereocenters. The topological polar surface area (TPSA) is 134 Å². The minimum atomic E-state index is 0.0810. The first-order valence-electron chi connectivity index (χ1n) is 9.51. The van der Waals surface area contributed by atoms with Gasteiger partial charge in [0.1, 0.15) is 16.8 Å². The van der Waals surface area contributed by atoms with Crippen molar-refractivity contribution in [2.24, 2.45) is 0 Å². The summed E-state index contributed by atoms with van der Waals surface area (Å²) in [6.07, 6.45) is 8.44. The number of H-pyrrole nitrogens is 2. The van der Waals surface area contributed by atoms with Crippen molar-refractivity contribution in [2.75, 3.05) is 0 Å². The van der Waals surface area contributed by atoms with Crippen LogP contribution in [0.15, 0.2) is 55.4 Å². The lowest BCUT2D eigenvalue weighted by Crippen LogP contribution is -1.92. The number of aromatic nitrogens is 9. The molecule has 0 aliphatic carbocycles. The summed E-state index contributed by atoms with van der Waals surface area (Å²) in [6, 6.07) is 7.24. The summed E-state index contributed by atoms with van der Waals surface area (Å²) in [5, 5.41) is 17.2. The summed E-state index contributed by atoms with van der Waals surface area (Å²) in [5.74, 6) is 0.633. The van der Waals surface area contributed by atoms with Crippen LogP contribution in [-0.4, -0.2) is 49.8 Å². The number of rotatable bonds is 3. The van der Waals surface area contributed by atoms with Crippen LogP contribution < -0.4 is 0 Å². The molecular formula is C21H15N9O. The monoisotopic (exact) mass is 409 g/mol. The molecule has 0 aromatic carbocycles. The molecule has 6 aromatic rings. The molecule has 0 saturated heterocycles. The maximum Gasteiger partial charge on any atom is 0.162 e. The number of hydrogen-bond acceptors (Lipinski definition) is 7. The maximum absolute atomic E-state index is 9.75. The maximum atomic E-state index is 9.75. The van der Waals surface area contributed by atoms with Gasteiger partial charge < -0.3 is 14.7 Å². The first kappa shape index (κ1) is 17.3. The van der Waals surface area contributed by atoms with Crippen molar-refractivity contribution in [1.29, 1.82) is 0 Å². The number of aromatic amines is 2. The molecule has 0 aliphatic rings. The second kappa shape index (κ2) is 6.46. The minimum Gasteiger partial charge on any atom is -0.506 e. The van der Waals surface area contributed by atoms with Gasteiger partial charge in [-0.05, 0) is 31.2 Å². The lowest BCUT2D eigenvalue weighted by Gasteiger charge is -2.01. The summed E-state index contributed by atoms with van der Waals surface area (Å²) < 4.78 is 1.91. The molecule has 0 radical (unpaired) electrons. The SMILES string of the molecule is Cc1cn(-c2ccnc3[nH]c(-c4n[nH]c5ccc(-c6cncc(O)c6)nc45)nc23)cn1. The number of nitrogens with one attached hydrogen (secondary N) is 2. The first-order chi connectivity index (χ1) is 15.2. The van der Waals surface area contributed by atoms with Crippen molar-refractivity contribution < 1.29 is 5.11 Å². The van der Waals surface area contributed by atoms with Crippen LogP contribution in [-0.2, 0) is 0 Å². The zero-order valence-electron chi connectivity index (χ0n) is 16.3. The first-order valence-corrected chi connectivity index (χ1v) is 9.51. The van der Waals surface area contributed by atoms with E-state index < -0.39 is 0 Å². The van der Waals surface area contributed by atoms with Crippen LogP contribution in [0.1, 0.15) is 5.69 Å². The third-order valence-electron chi connectivity index (χ3n) is 5.00. The van der Waals surface area contributed by atoms with E-state index in [0.717, 1.165) is 16.9 Å². The molecule has 0 aliphatic heterocycles. The molecule has 6 rings (SSSR count). The van der Waals surface area contributed by atoms with Gasteiger partial charge in [0.25, 0.3) is 0 Å². The minimum absolute atomic E-state index is 0.0810. The van der Waals surface area contributed by atoms with Gasteiger partial charge in [0.2, 0.25) is 0 Å². The van der Waals surface area contributed by atoms with Crippen LogP contribution in [0.4, 0.5) is 0 Å². The summed E-state index contributed by atoms with van der Waals surface area (Å²) in [4.78, 5) is 25.5. The smallest absolute Gasteiger partial charge is 0.162 e. The predicted molar refractivity (Wildman–Crippen MR) is 114 cm³/mol. The van der Waals surface area contributed by atoms with Crippen molar-refractivity contribution >= 4 is 22.2 Å². The highest BCUT2D eigenvalue weighted by Gasteiger charge is 2.17. The van der Waals surface area contributed by atoms with Gasteiger partial charge in [-0.25, -0.2) is 19.9 Å². The van der Waals surface area contributed by atoms with E-state index in [1.165, 1.54) is 6.20 Å². The number of fused-ring (bicyclic) bond motifs is 2. The summed E-state index contributed by atoms with van der Waals surface area (Å²) >= 11 is 0.